The maximum Gasteiger partial charge on any atom is 0.242 e. The molecule has 2 aromatic carbocycles. The van der Waals surface area contributed by atoms with Crippen LogP contribution in [0.1, 0.15) is 37.8 Å². The minimum absolute atomic E-state index is 0.124. The van der Waals surface area contributed by atoms with Crippen molar-refractivity contribution in [1.29, 1.82) is 0 Å². The number of halogens is 3. The Morgan fingerprint density at radius 1 is 1.06 bits per heavy atom. The van der Waals surface area contributed by atoms with Gasteiger partial charge >= 0.3 is 0 Å². The van der Waals surface area contributed by atoms with E-state index in [9.17, 15) is 9.59 Å². The van der Waals surface area contributed by atoms with Gasteiger partial charge < -0.3 is 10.2 Å². The summed E-state index contributed by atoms with van der Waals surface area (Å²) in [6.45, 7) is 4.67. The monoisotopic (exact) mass is 500 g/mol. The van der Waals surface area contributed by atoms with Gasteiger partial charge in [0.05, 0.1) is 15.8 Å². The van der Waals surface area contributed by atoms with E-state index in [-0.39, 0.29) is 24.1 Å². The molecule has 0 aliphatic carbocycles. The van der Waals surface area contributed by atoms with E-state index < -0.39 is 6.04 Å². The zero-order chi connectivity index (χ0) is 22.8. The Morgan fingerprint density at radius 3 is 2.48 bits per heavy atom. The maximum absolute atomic E-state index is 13.1. The van der Waals surface area contributed by atoms with Crippen LogP contribution in [0.2, 0.25) is 15.1 Å². The van der Waals surface area contributed by atoms with E-state index in [0.29, 0.717) is 27.4 Å². The largest absolute Gasteiger partial charge is 0.354 e. The topological polar surface area (TPSA) is 49.4 Å². The minimum atomic E-state index is -0.611. The molecule has 0 aliphatic rings. The van der Waals surface area contributed by atoms with Crippen LogP contribution in [-0.4, -0.2) is 35.1 Å². The van der Waals surface area contributed by atoms with Crippen molar-refractivity contribution in [1.82, 2.24) is 10.2 Å². The van der Waals surface area contributed by atoms with Crippen LogP contribution in [0.25, 0.3) is 0 Å². The van der Waals surface area contributed by atoms with Crippen molar-refractivity contribution in [3.05, 3.63) is 68.7 Å². The molecule has 4 nitrogen and oxygen atoms in total. The van der Waals surface area contributed by atoms with E-state index in [2.05, 4.69) is 12.2 Å². The van der Waals surface area contributed by atoms with Gasteiger partial charge in [-0.15, -0.1) is 11.8 Å². The second-order valence-corrected chi connectivity index (χ2v) is 9.38. The number of carbonyl (C=O) groups excluding carboxylic acids is 2. The average molecular weight is 502 g/mol. The second-order valence-electron chi connectivity index (χ2n) is 7.17. The van der Waals surface area contributed by atoms with Crippen LogP contribution in [0.3, 0.4) is 0 Å². The molecular formula is C23H27Cl3N2O2S. The highest BCUT2D eigenvalue weighted by atomic mass is 35.5. The first-order chi connectivity index (χ1) is 14.8. The third kappa shape index (κ3) is 8.23. The molecule has 2 rings (SSSR count). The van der Waals surface area contributed by atoms with Gasteiger partial charge in [0.15, 0.2) is 0 Å². The van der Waals surface area contributed by atoms with Gasteiger partial charge in [-0.1, -0.05) is 72.4 Å². The third-order valence-electron chi connectivity index (χ3n) is 4.77. The summed E-state index contributed by atoms with van der Waals surface area (Å²) in [5.41, 5.74) is 1.79. The minimum Gasteiger partial charge on any atom is -0.354 e. The molecule has 0 fully saturated rings. The summed E-state index contributed by atoms with van der Waals surface area (Å²) in [5.74, 6) is 0.557. The Bertz CT molecular complexity index is 895. The van der Waals surface area contributed by atoms with Crippen LogP contribution in [0, 0.1) is 0 Å². The first-order valence-electron chi connectivity index (χ1n) is 10.2. The molecule has 1 N–H and O–H groups in total. The Balaban J connectivity index is 2.09. The van der Waals surface area contributed by atoms with Crippen molar-refractivity contribution in [2.24, 2.45) is 0 Å². The molecule has 2 aromatic rings. The van der Waals surface area contributed by atoms with Crippen LogP contribution in [0.15, 0.2) is 42.5 Å². The third-order valence-corrected chi connectivity index (χ3v) is 6.85. The number of benzene rings is 2. The van der Waals surface area contributed by atoms with E-state index in [1.165, 1.54) is 11.8 Å². The van der Waals surface area contributed by atoms with E-state index in [4.69, 9.17) is 34.8 Å². The Morgan fingerprint density at radius 2 is 1.81 bits per heavy atom. The molecule has 0 saturated heterocycles. The molecule has 0 radical (unpaired) electrons. The van der Waals surface area contributed by atoms with Gasteiger partial charge in [0.2, 0.25) is 11.8 Å². The Labute approximate surface area is 203 Å². The van der Waals surface area contributed by atoms with Gasteiger partial charge in [-0.2, -0.15) is 0 Å². The quantitative estimate of drug-likeness (QED) is 0.372. The lowest BCUT2D eigenvalue weighted by Gasteiger charge is -2.29. The number of unbranched alkanes of at least 4 members (excludes halogenated alkanes) is 1. The highest BCUT2D eigenvalue weighted by Gasteiger charge is 2.26. The van der Waals surface area contributed by atoms with Crippen LogP contribution < -0.4 is 5.32 Å². The molecular weight excluding hydrogens is 475 g/mol. The standard InChI is InChI=1S/C23H27Cl3N2O2S/c1-3-4-11-27-23(30)16(2)28(13-17-9-10-20(25)21(26)12-17)22(29)15-31-14-18-7-5-6-8-19(18)24/h5-10,12,16H,3-4,11,13-15H2,1-2H3,(H,27,30)/t16-/m0/s1. The first-order valence-corrected chi connectivity index (χ1v) is 12.4. The van der Waals surface area contributed by atoms with Crippen molar-refractivity contribution < 1.29 is 9.59 Å². The summed E-state index contributed by atoms with van der Waals surface area (Å²) in [5, 5.41) is 4.45. The highest BCUT2D eigenvalue weighted by Crippen LogP contribution is 2.25. The van der Waals surface area contributed by atoms with Crippen molar-refractivity contribution >= 4 is 58.4 Å². The van der Waals surface area contributed by atoms with Crippen molar-refractivity contribution in [2.45, 2.75) is 45.0 Å². The molecule has 31 heavy (non-hydrogen) atoms. The molecule has 0 aromatic heterocycles. The fourth-order valence-electron chi connectivity index (χ4n) is 2.90. The van der Waals surface area contributed by atoms with Crippen LogP contribution in [0.4, 0.5) is 0 Å². The molecule has 1 atom stereocenters. The smallest absolute Gasteiger partial charge is 0.242 e. The summed E-state index contributed by atoms with van der Waals surface area (Å²) in [7, 11) is 0. The summed E-state index contributed by atoms with van der Waals surface area (Å²) in [6, 6.07) is 12.2. The predicted molar refractivity (Wildman–Crippen MR) is 132 cm³/mol. The first kappa shape index (κ1) is 25.9. The molecule has 0 bridgehead atoms. The molecule has 0 unspecified atom stereocenters. The molecule has 2 amide bonds. The maximum atomic E-state index is 13.1. The Hall–Kier alpha value is -1.40. The fourth-order valence-corrected chi connectivity index (χ4v) is 4.42. The molecule has 0 heterocycles. The average Bonchev–Trinajstić information content (AvgIpc) is 2.75. The van der Waals surface area contributed by atoms with Crippen LogP contribution in [-0.2, 0) is 21.9 Å². The number of rotatable bonds is 11. The van der Waals surface area contributed by atoms with Gasteiger partial charge in [-0.05, 0) is 42.7 Å². The lowest BCUT2D eigenvalue weighted by atomic mass is 10.1. The van der Waals surface area contributed by atoms with Crippen LogP contribution >= 0.6 is 46.6 Å². The molecule has 0 saturated carbocycles. The van der Waals surface area contributed by atoms with Crippen molar-refractivity contribution in [2.75, 3.05) is 12.3 Å². The number of hydrogen-bond acceptors (Lipinski definition) is 3. The molecule has 8 heteroatoms. The summed E-state index contributed by atoms with van der Waals surface area (Å²) in [6.07, 6.45) is 1.88. The Kier molecular flexibility index (Phi) is 11.0. The van der Waals surface area contributed by atoms with E-state index in [1.807, 2.05) is 30.3 Å². The fraction of sp³-hybridized carbons (Fsp3) is 0.391. The molecule has 168 valence electrons. The van der Waals surface area contributed by atoms with Crippen LogP contribution in [0.5, 0.6) is 0 Å². The summed E-state index contributed by atoms with van der Waals surface area (Å²) < 4.78 is 0. The number of nitrogens with one attached hydrogen (secondary N) is 1. The normalized spacial score (nSPS) is 11.8. The van der Waals surface area contributed by atoms with Gasteiger partial charge in [0.1, 0.15) is 6.04 Å². The van der Waals surface area contributed by atoms with Gasteiger partial charge in [0, 0.05) is 23.9 Å². The lowest BCUT2D eigenvalue weighted by molar-refractivity contribution is -0.138. The zero-order valence-electron chi connectivity index (χ0n) is 17.7. The van der Waals surface area contributed by atoms with E-state index >= 15 is 0 Å². The molecule has 0 spiro atoms. The van der Waals surface area contributed by atoms with E-state index in [1.54, 1.807) is 24.0 Å². The number of amides is 2. The lowest BCUT2D eigenvalue weighted by Crippen LogP contribution is -2.48. The van der Waals surface area contributed by atoms with Crippen molar-refractivity contribution in [3.8, 4) is 0 Å². The highest BCUT2D eigenvalue weighted by molar-refractivity contribution is 7.99. The van der Waals surface area contributed by atoms with Crippen molar-refractivity contribution in [3.63, 3.8) is 0 Å². The van der Waals surface area contributed by atoms with Gasteiger partial charge in [-0.25, -0.2) is 0 Å². The number of nitrogens with zero attached hydrogens (tertiary/aromatic N) is 1. The van der Waals surface area contributed by atoms with Gasteiger partial charge in [-0.3, -0.25) is 9.59 Å². The number of thioether (sulfide) groups is 1. The summed E-state index contributed by atoms with van der Waals surface area (Å²) in [4.78, 5) is 27.3. The number of carbonyl (C=O) groups is 2. The van der Waals surface area contributed by atoms with Gasteiger partial charge in [0.25, 0.3) is 0 Å². The predicted octanol–water partition coefficient (Wildman–Crippen LogP) is 6.21. The zero-order valence-corrected chi connectivity index (χ0v) is 20.8. The summed E-state index contributed by atoms with van der Waals surface area (Å²) >= 11 is 19.8. The number of hydrogen-bond donors (Lipinski definition) is 1. The molecule has 0 aliphatic heterocycles. The SMILES string of the molecule is CCCCNC(=O)[C@H](C)N(Cc1ccc(Cl)c(Cl)c1)C(=O)CSCc1ccccc1Cl. The second kappa shape index (κ2) is 13.2. The van der Waals surface area contributed by atoms with E-state index in [0.717, 1.165) is 24.0 Å².